The van der Waals surface area contributed by atoms with Crippen molar-refractivity contribution in [2.24, 2.45) is 7.05 Å². The topological polar surface area (TPSA) is 50.2 Å². The lowest BCUT2D eigenvalue weighted by Crippen LogP contribution is -2.53. The lowest BCUT2D eigenvalue weighted by molar-refractivity contribution is -0.120. The van der Waals surface area contributed by atoms with E-state index in [4.69, 9.17) is 0 Å². The molecule has 1 spiro atoms. The van der Waals surface area contributed by atoms with Crippen LogP contribution in [0.1, 0.15) is 36.3 Å². The predicted octanol–water partition coefficient (Wildman–Crippen LogP) is 2.06. The number of piperidine rings is 1. The molecule has 126 valence electrons. The van der Waals surface area contributed by atoms with Gasteiger partial charge in [-0.2, -0.15) is 5.10 Å². The molecule has 2 aliphatic heterocycles. The Labute approximate surface area is 142 Å². The van der Waals surface area contributed by atoms with Crippen LogP contribution in [0.25, 0.3) is 0 Å². The fourth-order valence-corrected chi connectivity index (χ4v) is 4.28. The Morgan fingerprint density at radius 2 is 2.00 bits per heavy atom. The molecule has 2 aromatic rings. The van der Waals surface area contributed by atoms with E-state index in [2.05, 4.69) is 51.8 Å². The van der Waals surface area contributed by atoms with Crippen molar-refractivity contribution in [3.8, 4) is 0 Å². The number of benzene rings is 1. The molecule has 1 N–H and O–H groups in total. The first-order valence-corrected chi connectivity index (χ1v) is 8.70. The van der Waals surface area contributed by atoms with Gasteiger partial charge in [0, 0.05) is 50.8 Å². The first-order chi connectivity index (χ1) is 11.6. The summed E-state index contributed by atoms with van der Waals surface area (Å²) >= 11 is 0. The molecular formula is C19H24N4O. The van der Waals surface area contributed by atoms with Crippen LogP contribution < -0.4 is 5.32 Å². The molecule has 1 amide bonds. The highest BCUT2D eigenvalue weighted by molar-refractivity contribution is 5.81. The summed E-state index contributed by atoms with van der Waals surface area (Å²) in [6, 6.07) is 10.6. The van der Waals surface area contributed by atoms with Crippen molar-refractivity contribution < 1.29 is 4.79 Å². The van der Waals surface area contributed by atoms with Crippen molar-refractivity contribution in [3.63, 3.8) is 0 Å². The molecule has 1 unspecified atom stereocenters. The highest BCUT2D eigenvalue weighted by Crippen LogP contribution is 2.43. The van der Waals surface area contributed by atoms with E-state index in [1.165, 1.54) is 11.1 Å². The molecule has 2 fully saturated rings. The lowest BCUT2D eigenvalue weighted by atomic mass is 9.75. The van der Waals surface area contributed by atoms with Crippen molar-refractivity contribution in [3.05, 3.63) is 53.9 Å². The summed E-state index contributed by atoms with van der Waals surface area (Å²) in [5.41, 5.74) is 2.45. The van der Waals surface area contributed by atoms with E-state index in [1.807, 2.05) is 17.9 Å². The normalized spacial score (nSPS) is 23.5. The Kier molecular flexibility index (Phi) is 3.88. The molecule has 0 radical (unpaired) electrons. The van der Waals surface area contributed by atoms with Crippen molar-refractivity contribution in [2.75, 3.05) is 13.1 Å². The smallest absolute Gasteiger partial charge is 0.221 e. The minimum Gasteiger partial charge on any atom is -0.350 e. The lowest BCUT2D eigenvalue weighted by Gasteiger charge is -2.42. The van der Waals surface area contributed by atoms with E-state index < -0.39 is 0 Å². The Morgan fingerprint density at radius 3 is 2.67 bits per heavy atom. The second-order valence-electron chi connectivity index (χ2n) is 7.17. The fraction of sp³-hybridized carbons (Fsp3) is 0.474. The van der Waals surface area contributed by atoms with Gasteiger partial charge < -0.3 is 5.32 Å². The molecule has 0 saturated carbocycles. The monoisotopic (exact) mass is 324 g/mol. The molecule has 2 saturated heterocycles. The average Bonchev–Trinajstić information content (AvgIpc) is 3.14. The van der Waals surface area contributed by atoms with Gasteiger partial charge >= 0.3 is 0 Å². The molecule has 1 aromatic carbocycles. The Balaban J connectivity index is 1.47. The Morgan fingerprint density at radius 1 is 1.25 bits per heavy atom. The summed E-state index contributed by atoms with van der Waals surface area (Å²) in [4.78, 5) is 14.6. The number of nitrogens with one attached hydrogen (secondary N) is 1. The van der Waals surface area contributed by atoms with E-state index in [0.717, 1.165) is 32.5 Å². The van der Waals surface area contributed by atoms with Gasteiger partial charge in [-0.3, -0.25) is 14.4 Å². The zero-order valence-corrected chi connectivity index (χ0v) is 14.1. The van der Waals surface area contributed by atoms with Crippen LogP contribution in [0, 0.1) is 0 Å². The summed E-state index contributed by atoms with van der Waals surface area (Å²) < 4.78 is 1.83. The second-order valence-corrected chi connectivity index (χ2v) is 7.17. The first kappa shape index (κ1) is 15.4. The van der Waals surface area contributed by atoms with Crippen molar-refractivity contribution in [1.29, 1.82) is 0 Å². The molecule has 5 nitrogen and oxygen atoms in total. The van der Waals surface area contributed by atoms with Gasteiger partial charge in [0.15, 0.2) is 0 Å². The maximum atomic E-state index is 12.1. The minimum atomic E-state index is -0.0900. The molecule has 0 aliphatic carbocycles. The molecular weight excluding hydrogens is 300 g/mol. The van der Waals surface area contributed by atoms with Crippen molar-refractivity contribution in [2.45, 2.75) is 37.3 Å². The number of hydrogen-bond donors (Lipinski definition) is 1. The predicted molar refractivity (Wildman–Crippen MR) is 92.4 cm³/mol. The zero-order chi connectivity index (χ0) is 16.6. The van der Waals surface area contributed by atoms with Gasteiger partial charge in [0.2, 0.25) is 5.91 Å². The average molecular weight is 324 g/mol. The molecule has 3 heterocycles. The van der Waals surface area contributed by atoms with E-state index in [1.54, 1.807) is 0 Å². The van der Waals surface area contributed by atoms with Crippen molar-refractivity contribution in [1.82, 2.24) is 20.0 Å². The number of carbonyl (C=O) groups excluding carboxylic acids is 1. The van der Waals surface area contributed by atoms with Gasteiger partial charge in [-0.1, -0.05) is 30.3 Å². The molecule has 1 aromatic heterocycles. The largest absolute Gasteiger partial charge is 0.350 e. The maximum absolute atomic E-state index is 12.1. The maximum Gasteiger partial charge on any atom is 0.221 e. The molecule has 24 heavy (non-hydrogen) atoms. The van der Waals surface area contributed by atoms with Gasteiger partial charge in [-0.05, 0) is 24.0 Å². The summed E-state index contributed by atoms with van der Waals surface area (Å²) in [7, 11) is 1.93. The summed E-state index contributed by atoms with van der Waals surface area (Å²) in [6.07, 6.45) is 6.58. The Hall–Kier alpha value is -2.14. The van der Waals surface area contributed by atoms with Gasteiger partial charge in [0.25, 0.3) is 0 Å². The highest BCUT2D eigenvalue weighted by atomic mass is 16.2. The zero-order valence-electron chi connectivity index (χ0n) is 14.1. The Bertz CT molecular complexity index is 716. The number of rotatable bonds is 3. The van der Waals surface area contributed by atoms with Crippen LogP contribution in [-0.2, 0) is 18.4 Å². The minimum absolute atomic E-state index is 0.0900. The van der Waals surface area contributed by atoms with Crippen LogP contribution in [0.5, 0.6) is 0 Å². The number of amides is 1. The van der Waals surface area contributed by atoms with Crippen molar-refractivity contribution >= 4 is 5.91 Å². The molecule has 0 bridgehead atoms. The van der Waals surface area contributed by atoms with E-state index >= 15 is 0 Å². The van der Waals surface area contributed by atoms with E-state index in [0.29, 0.717) is 6.42 Å². The third kappa shape index (κ3) is 2.84. The number of nitrogens with zero attached hydrogens (tertiary/aromatic N) is 3. The third-order valence-electron chi connectivity index (χ3n) is 5.57. The van der Waals surface area contributed by atoms with Crippen LogP contribution in [0.4, 0.5) is 0 Å². The molecule has 1 atom stereocenters. The van der Waals surface area contributed by atoms with Crippen LogP contribution in [-0.4, -0.2) is 39.2 Å². The summed E-state index contributed by atoms with van der Waals surface area (Å²) in [6.45, 7) is 3.03. The summed E-state index contributed by atoms with van der Waals surface area (Å²) in [5.74, 6) is 0.429. The number of hydrogen-bond acceptors (Lipinski definition) is 3. The molecule has 5 heteroatoms. The van der Waals surface area contributed by atoms with E-state index in [9.17, 15) is 4.79 Å². The highest BCUT2D eigenvalue weighted by Gasteiger charge is 2.48. The van der Waals surface area contributed by atoms with Crippen LogP contribution in [0.2, 0.25) is 0 Å². The van der Waals surface area contributed by atoms with Gasteiger partial charge in [0.05, 0.1) is 6.20 Å². The number of aryl methyl sites for hydroxylation is 1. The first-order valence-electron chi connectivity index (χ1n) is 8.70. The fourth-order valence-electron chi connectivity index (χ4n) is 4.28. The van der Waals surface area contributed by atoms with Gasteiger partial charge in [0.1, 0.15) is 0 Å². The second kappa shape index (κ2) is 6.06. The summed E-state index contributed by atoms with van der Waals surface area (Å²) in [5, 5.41) is 7.61. The quantitative estimate of drug-likeness (QED) is 0.940. The van der Waals surface area contributed by atoms with Crippen LogP contribution in [0.15, 0.2) is 42.7 Å². The third-order valence-corrected chi connectivity index (χ3v) is 5.57. The number of likely N-dealkylation sites (tertiary alicyclic amines) is 1. The standard InChI is InChI=1S/C19H24N4O/c1-22-14-16(12-20-22)17-11-18(24)21-19(17)7-9-23(10-8-19)13-15-5-3-2-4-6-15/h2-6,12,14,17H,7-11,13H2,1H3,(H,21,24). The van der Waals surface area contributed by atoms with Crippen LogP contribution >= 0.6 is 0 Å². The van der Waals surface area contributed by atoms with Gasteiger partial charge in [-0.25, -0.2) is 0 Å². The molecule has 2 aliphatic rings. The van der Waals surface area contributed by atoms with Gasteiger partial charge in [-0.15, -0.1) is 0 Å². The number of aromatic nitrogens is 2. The molecule has 4 rings (SSSR count). The van der Waals surface area contributed by atoms with E-state index in [-0.39, 0.29) is 17.4 Å². The SMILES string of the molecule is Cn1cc(C2CC(=O)NC23CCN(Cc2ccccc2)CC3)cn1. The van der Waals surface area contributed by atoms with Crippen LogP contribution in [0.3, 0.4) is 0 Å². The number of carbonyl (C=O) groups is 1.